The fourth-order valence-electron chi connectivity index (χ4n) is 3.09. The number of aromatic nitrogens is 3. The van der Waals surface area contributed by atoms with E-state index in [1.54, 1.807) is 48.8 Å². The normalized spacial score (nSPS) is 14.2. The number of rotatable bonds is 4. The molecule has 30 heavy (non-hydrogen) atoms. The van der Waals surface area contributed by atoms with Gasteiger partial charge in [-0.25, -0.2) is 13.1 Å². The van der Waals surface area contributed by atoms with Crippen molar-refractivity contribution in [3.63, 3.8) is 0 Å². The molecule has 3 heterocycles. The minimum atomic E-state index is -3.35. The predicted molar refractivity (Wildman–Crippen MR) is 110 cm³/mol. The summed E-state index contributed by atoms with van der Waals surface area (Å²) in [7, 11) is -3.35. The smallest absolute Gasteiger partial charge is 0.314 e. The van der Waals surface area contributed by atoms with Gasteiger partial charge < -0.3 is 10.6 Å². The van der Waals surface area contributed by atoms with Crippen LogP contribution in [0.2, 0.25) is 5.02 Å². The molecule has 9 nitrogen and oxygen atoms in total. The van der Waals surface area contributed by atoms with Crippen molar-refractivity contribution >= 4 is 39.1 Å². The molecule has 0 spiro atoms. The predicted octanol–water partition coefficient (Wildman–Crippen LogP) is 1.60. The number of fused-ring (bicyclic) bond motifs is 1. The van der Waals surface area contributed by atoms with Crippen LogP contribution >= 0.6 is 11.6 Å². The van der Waals surface area contributed by atoms with Crippen LogP contribution in [0.1, 0.15) is 16.8 Å². The van der Waals surface area contributed by atoms with Gasteiger partial charge in [-0.3, -0.25) is 14.6 Å². The molecule has 1 aliphatic heterocycles. The van der Waals surface area contributed by atoms with E-state index in [9.17, 15) is 18.0 Å². The third kappa shape index (κ3) is 4.19. The van der Waals surface area contributed by atoms with Gasteiger partial charge in [0.25, 0.3) is 0 Å². The minimum Gasteiger partial charge on any atom is -0.344 e. The molecule has 2 aromatic heterocycles. The first-order valence-electron chi connectivity index (χ1n) is 8.87. The summed E-state index contributed by atoms with van der Waals surface area (Å²) in [6, 6.07) is 10.1. The van der Waals surface area contributed by atoms with Gasteiger partial charge in [-0.1, -0.05) is 17.7 Å². The van der Waals surface area contributed by atoms with Gasteiger partial charge in [0.2, 0.25) is 0 Å². The number of amides is 2. The summed E-state index contributed by atoms with van der Waals surface area (Å²) >= 11 is 6.05. The monoisotopic (exact) mass is 445 g/mol. The summed E-state index contributed by atoms with van der Waals surface area (Å²) in [5, 5.41) is 9.80. The third-order valence-corrected chi connectivity index (χ3v) is 6.16. The molecule has 0 bridgehead atoms. The number of sulfone groups is 1. The largest absolute Gasteiger partial charge is 0.344 e. The van der Waals surface area contributed by atoms with Gasteiger partial charge in [0.1, 0.15) is 5.82 Å². The highest BCUT2D eigenvalue weighted by molar-refractivity contribution is 7.90. The molecule has 0 fully saturated rings. The summed E-state index contributed by atoms with van der Waals surface area (Å²) in [5.74, 6) is -2.15. The van der Waals surface area contributed by atoms with E-state index in [0.29, 0.717) is 22.0 Å². The zero-order chi connectivity index (χ0) is 21.3. The average Bonchev–Trinajstić information content (AvgIpc) is 3.19. The van der Waals surface area contributed by atoms with E-state index in [4.69, 9.17) is 11.6 Å². The van der Waals surface area contributed by atoms with Gasteiger partial charge in [0, 0.05) is 29.5 Å². The van der Waals surface area contributed by atoms with Gasteiger partial charge in [0.15, 0.2) is 9.84 Å². The highest BCUT2D eigenvalue weighted by atomic mass is 35.5. The van der Waals surface area contributed by atoms with Gasteiger partial charge >= 0.3 is 11.8 Å². The number of nitrogens with zero attached hydrogens (tertiary/aromatic N) is 3. The van der Waals surface area contributed by atoms with Gasteiger partial charge in [-0.05, 0) is 35.9 Å². The lowest BCUT2D eigenvalue weighted by Gasteiger charge is -2.11. The Hall–Kier alpha value is -3.24. The molecule has 0 saturated carbocycles. The maximum atomic E-state index is 12.5. The molecule has 0 radical (unpaired) electrons. The van der Waals surface area contributed by atoms with Crippen molar-refractivity contribution in [2.24, 2.45) is 0 Å². The first-order valence-corrected chi connectivity index (χ1v) is 11.1. The van der Waals surface area contributed by atoms with Crippen LogP contribution in [0.15, 0.2) is 48.8 Å². The molecular formula is C19H16ClN5O4S. The first-order chi connectivity index (χ1) is 14.3. The van der Waals surface area contributed by atoms with Gasteiger partial charge in [0.05, 0.1) is 22.9 Å². The van der Waals surface area contributed by atoms with E-state index < -0.39 is 21.7 Å². The summed E-state index contributed by atoms with van der Waals surface area (Å²) in [5.41, 5.74) is 2.01. The molecule has 154 valence electrons. The standard InChI is InChI=1S/C19H16ClN5O4S/c20-13-2-1-3-14(8-13)25-17(15-10-30(28,29)11-16(15)24-25)23-19(27)18(26)22-9-12-4-6-21-7-5-12/h1-8H,9-11H2,(H,22,26)(H,23,27). The van der Waals surface area contributed by atoms with E-state index in [0.717, 1.165) is 5.56 Å². The Bertz CT molecular complexity index is 1240. The Labute approximate surface area is 177 Å². The fraction of sp³-hybridized carbons (Fsp3) is 0.158. The van der Waals surface area contributed by atoms with Crippen molar-refractivity contribution in [1.29, 1.82) is 0 Å². The van der Waals surface area contributed by atoms with E-state index in [1.165, 1.54) is 4.68 Å². The van der Waals surface area contributed by atoms with Crippen LogP contribution in [0.4, 0.5) is 5.82 Å². The minimum absolute atomic E-state index is 0.136. The first kappa shape index (κ1) is 20.0. The van der Waals surface area contributed by atoms with Crippen molar-refractivity contribution < 1.29 is 18.0 Å². The third-order valence-electron chi connectivity index (χ3n) is 4.48. The molecule has 0 atom stereocenters. The van der Waals surface area contributed by atoms with E-state index in [1.807, 2.05) is 0 Å². The van der Waals surface area contributed by atoms with Crippen LogP contribution in [0.5, 0.6) is 0 Å². The number of anilines is 1. The van der Waals surface area contributed by atoms with Crippen LogP contribution in [0.3, 0.4) is 0 Å². The Kier molecular flexibility index (Phi) is 5.27. The number of carbonyl (C=O) groups is 2. The lowest BCUT2D eigenvalue weighted by Crippen LogP contribution is -2.35. The lowest BCUT2D eigenvalue weighted by atomic mass is 10.2. The average molecular weight is 446 g/mol. The summed E-state index contributed by atoms with van der Waals surface area (Å²) in [6.45, 7) is 0.148. The second-order valence-electron chi connectivity index (χ2n) is 6.69. The highest BCUT2D eigenvalue weighted by Gasteiger charge is 2.33. The van der Waals surface area contributed by atoms with Crippen molar-refractivity contribution in [2.45, 2.75) is 18.1 Å². The summed E-state index contributed by atoms with van der Waals surface area (Å²) in [4.78, 5) is 28.6. The van der Waals surface area contributed by atoms with Crippen molar-refractivity contribution in [1.82, 2.24) is 20.1 Å². The molecule has 1 aromatic carbocycles. The molecule has 3 aromatic rings. The Morgan fingerprint density at radius 2 is 1.87 bits per heavy atom. The number of pyridine rings is 1. The summed E-state index contributed by atoms with van der Waals surface area (Å²) < 4.78 is 25.4. The Morgan fingerprint density at radius 1 is 1.10 bits per heavy atom. The number of halogens is 1. The molecular weight excluding hydrogens is 430 g/mol. The van der Waals surface area contributed by atoms with Crippen LogP contribution in [-0.4, -0.2) is 35.0 Å². The summed E-state index contributed by atoms with van der Waals surface area (Å²) in [6.07, 6.45) is 3.16. The molecule has 0 aliphatic carbocycles. The Morgan fingerprint density at radius 3 is 2.60 bits per heavy atom. The molecule has 2 N–H and O–H groups in total. The molecule has 2 amide bonds. The number of nitrogens with one attached hydrogen (secondary N) is 2. The molecule has 0 unspecified atom stereocenters. The van der Waals surface area contributed by atoms with Crippen LogP contribution in [0.25, 0.3) is 5.69 Å². The maximum absolute atomic E-state index is 12.5. The molecule has 11 heteroatoms. The van der Waals surface area contributed by atoms with Crippen molar-refractivity contribution in [3.8, 4) is 5.69 Å². The maximum Gasteiger partial charge on any atom is 0.314 e. The molecule has 0 saturated heterocycles. The van der Waals surface area contributed by atoms with Crippen molar-refractivity contribution in [3.05, 3.63) is 70.6 Å². The SMILES string of the molecule is O=C(NCc1ccncc1)C(=O)Nc1c2c(nn1-c1cccc(Cl)c1)CS(=O)(=O)C2. The van der Waals surface area contributed by atoms with Crippen molar-refractivity contribution in [2.75, 3.05) is 5.32 Å². The zero-order valence-corrected chi connectivity index (χ0v) is 17.1. The second-order valence-corrected chi connectivity index (χ2v) is 9.19. The molecule has 4 rings (SSSR count). The van der Waals surface area contributed by atoms with Crippen LogP contribution in [0, 0.1) is 0 Å². The topological polar surface area (TPSA) is 123 Å². The number of hydrogen-bond acceptors (Lipinski definition) is 6. The van der Waals surface area contributed by atoms with Crippen LogP contribution < -0.4 is 10.6 Å². The fourth-order valence-corrected chi connectivity index (χ4v) is 4.77. The number of benzene rings is 1. The Balaban J connectivity index is 1.59. The van der Waals surface area contributed by atoms with E-state index in [2.05, 4.69) is 20.7 Å². The second kappa shape index (κ2) is 7.88. The van der Waals surface area contributed by atoms with Gasteiger partial charge in [-0.15, -0.1) is 0 Å². The van der Waals surface area contributed by atoms with Crippen LogP contribution in [-0.2, 0) is 37.5 Å². The highest BCUT2D eigenvalue weighted by Crippen LogP contribution is 2.33. The number of hydrogen-bond donors (Lipinski definition) is 2. The quantitative estimate of drug-likeness (QED) is 0.588. The van der Waals surface area contributed by atoms with Gasteiger partial charge in [-0.2, -0.15) is 5.10 Å². The zero-order valence-electron chi connectivity index (χ0n) is 15.5. The molecule has 1 aliphatic rings. The van der Waals surface area contributed by atoms with E-state index >= 15 is 0 Å². The van der Waals surface area contributed by atoms with E-state index in [-0.39, 0.29) is 23.9 Å². The number of carbonyl (C=O) groups excluding carboxylic acids is 2. The lowest BCUT2D eigenvalue weighted by molar-refractivity contribution is -0.136.